The SMILES string of the molecule is Cc1ccc([C@H]2CCOC(=O)C2)o1. The quantitative estimate of drug-likeness (QED) is 0.620. The van der Waals surface area contributed by atoms with Gasteiger partial charge in [0, 0.05) is 5.92 Å². The van der Waals surface area contributed by atoms with Gasteiger partial charge in [0.1, 0.15) is 11.5 Å². The van der Waals surface area contributed by atoms with Gasteiger partial charge in [-0.25, -0.2) is 0 Å². The van der Waals surface area contributed by atoms with Gasteiger partial charge in [-0.05, 0) is 25.5 Å². The van der Waals surface area contributed by atoms with Crippen molar-refractivity contribution in [1.82, 2.24) is 0 Å². The van der Waals surface area contributed by atoms with Crippen LogP contribution in [0.5, 0.6) is 0 Å². The number of aryl methyl sites for hydroxylation is 1. The van der Waals surface area contributed by atoms with Crippen LogP contribution in [0.1, 0.15) is 30.3 Å². The van der Waals surface area contributed by atoms with Gasteiger partial charge in [-0.2, -0.15) is 0 Å². The Balaban J connectivity index is 2.12. The first-order chi connectivity index (χ1) is 6.25. The molecule has 1 aliphatic rings. The Hall–Kier alpha value is -1.25. The van der Waals surface area contributed by atoms with Crippen LogP contribution in [0.2, 0.25) is 0 Å². The Morgan fingerprint density at radius 2 is 2.31 bits per heavy atom. The summed E-state index contributed by atoms with van der Waals surface area (Å²) >= 11 is 0. The summed E-state index contributed by atoms with van der Waals surface area (Å²) in [5.41, 5.74) is 0. The third kappa shape index (κ3) is 1.74. The predicted octanol–water partition coefficient (Wildman–Crippen LogP) is 2.01. The molecule has 3 nitrogen and oxygen atoms in total. The van der Waals surface area contributed by atoms with E-state index < -0.39 is 0 Å². The first kappa shape index (κ1) is 8.35. The Kier molecular flexibility index (Phi) is 2.08. The van der Waals surface area contributed by atoms with Crippen LogP contribution in [0.4, 0.5) is 0 Å². The third-order valence-corrected chi connectivity index (χ3v) is 2.31. The zero-order valence-electron chi connectivity index (χ0n) is 7.58. The molecule has 1 fully saturated rings. The maximum Gasteiger partial charge on any atom is 0.306 e. The van der Waals surface area contributed by atoms with E-state index in [1.807, 2.05) is 19.1 Å². The minimum Gasteiger partial charge on any atom is -0.466 e. The number of carbonyl (C=O) groups is 1. The van der Waals surface area contributed by atoms with E-state index in [0.717, 1.165) is 17.9 Å². The fourth-order valence-electron chi connectivity index (χ4n) is 1.59. The summed E-state index contributed by atoms with van der Waals surface area (Å²) in [5.74, 6) is 1.91. The summed E-state index contributed by atoms with van der Waals surface area (Å²) in [7, 11) is 0. The Morgan fingerprint density at radius 1 is 1.46 bits per heavy atom. The topological polar surface area (TPSA) is 39.4 Å². The molecule has 0 N–H and O–H groups in total. The smallest absolute Gasteiger partial charge is 0.306 e. The molecule has 13 heavy (non-hydrogen) atoms. The van der Waals surface area contributed by atoms with Crippen LogP contribution in [0.25, 0.3) is 0 Å². The molecule has 3 heteroatoms. The summed E-state index contributed by atoms with van der Waals surface area (Å²) in [5, 5.41) is 0. The second kappa shape index (κ2) is 3.24. The average molecular weight is 180 g/mol. The second-order valence-electron chi connectivity index (χ2n) is 3.36. The van der Waals surface area contributed by atoms with Gasteiger partial charge in [-0.15, -0.1) is 0 Å². The zero-order valence-corrected chi connectivity index (χ0v) is 7.58. The van der Waals surface area contributed by atoms with Crippen LogP contribution in [-0.4, -0.2) is 12.6 Å². The van der Waals surface area contributed by atoms with E-state index in [9.17, 15) is 4.79 Å². The van der Waals surface area contributed by atoms with Crippen molar-refractivity contribution in [3.63, 3.8) is 0 Å². The van der Waals surface area contributed by atoms with Crippen molar-refractivity contribution < 1.29 is 13.9 Å². The molecule has 1 aromatic rings. The van der Waals surface area contributed by atoms with Crippen molar-refractivity contribution >= 4 is 5.97 Å². The Bertz CT molecular complexity index is 314. The highest BCUT2D eigenvalue weighted by molar-refractivity contribution is 5.71. The molecule has 2 rings (SSSR count). The molecule has 1 atom stereocenters. The molecule has 1 aliphatic heterocycles. The number of hydrogen-bond donors (Lipinski definition) is 0. The lowest BCUT2D eigenvalue weighted by Crippen LogP contribution is -2.18. The monoisotopic (exact) mass is 180 g/mol. The molecule has 1 aromatic heterocycles. The number of furan rings is 1. The number of hydrogen-bond acceptors (Lipinski definition) is 3. The fourth-order valence-corrected chi connectivity index (χ4v) is 1.59. The molecule has 0 bridgehead atoms. The maximum absolute atomic E-state index is 11.0. The van der Waals surface area contributed by atoms with Crippen LogP contribution in [0.3, 0.4) is 0 Å². The largest absolute Gasteiger partial charge is 0.466 e. The van der Waals surface area contributed by atoms with Crippen LogP contribution in [-0.2, 0) is 9.53 Å². The number of carbonyl (C=O) groups excluding carboxylic acids is 1. The molecular formula is C10H12O3. The molecule has 0 aromatic carbocycles. The van der Waals surface area contributed by atoms with Crippen molar-refractivity contribution in [1.29, 1.82) is 0 Å². The van der Waals surface area contributed by atoms with E-state index >= 15 is 0 Å². The number of cyclic esters (lactones) is 1. The fraction of sp³-hybridized carbons (Fsp3) is 0.500. The van der Waals surface area contributed by atoms with Gasteiger partial charge in [-0.1, -0.05) is 0 Å². The summed E-state index contributed by atoms with van der Waals surface area (Å²) in [4.78, 5) is 11.0. The van der Waals surface area contributed by atoms with E-state index in [-0.39, 0.29) is 11.9 Å². The number of esters is 1. The van der Waals surface area contributed by atoms with Gasteiger partial charge in [-0.3, -0.25) is 4.79 Å². The molecule has 0 unspecified atom stereocenters. The molecular weight excluding hydrogens is 168 g/mol. The molecule has 0 saturated carbocycles. The first-order valence-electron chi connectivity index (χ1n) is 4.47. The van der Waals surface area contributed by atoms with Gasteiger partial charge in [0.15, 0.2) is 0 Å². The lowest BCUT2D eigenvalue weighted by Gasteiger charge is -2.18. The van der Waals surface area contributed by atoms with Crippen LogP contribution in [0, 0.1) is 6.92 Å². The third-order valence-electron chi connectivity index (χ3n) is 2.31. The van der Waals surface area contributed by atoms with Crippen LogP contribution < -0.4 is 0 Å². The molecule has 1 saturated heterocycles. The van der Waals surface area contributed by atoms with Crippen molar-refractivity contribution in [2.24, 2.45) is 0 Å². The highest BCUT2D eigenvalue weighted by Crippen LogP contribution is 2.28. The van der Waals surface area contributed by atoms with Gasteiger partial charge >= 0.3 is 5.97 Å². The highest BCUT2D eigenvalue weighted by Gasteiger charge is 2.24. The lowest BCUT2D eigenvalue weighted by molar-refractivity contribution is -0.147. The second-order valence-corrected chi connectivity index (χ2v) is 3.36. The van der Waals surface area contributed by atoms with E-state index in [0.29, 0.717) is 13.0 Å². The van der Waals surface area contributed by atoms with Gasteiger partial charge in [0.2, 0.25) is 0 Å². The van der Waals surface area contributed by atoms with Crippen molar-refractivity contribution in [3.05, 3.63) is 23.7 Å². The van der Waals surface area contributed by atoms with Gasteiger partial charge < -0.3 is 9.15 Å². The van der Waals surface area contributed by atoms with Crippen LogP contribution in [0.15, 0.2) is 16.5 Å². The molecule has 0 radical (unpaired) electrons. The minimum atomic E-state index is -0.120. The molecule has 0 aliphatic carbocycles. The molecule has 2 heterocycles. The highest BCUT2D eigenvalue weighted by atomic mass is 16.5. The number of rotatable bonds is 1. The van der Waals surface area contributed by atoms with E-state index in [1.165, 1.54) is 0 Å². The van der Waals surface area contributed by atoms with Crippen LogP contribution >= 0.6 is 0 Å². The molecule has 0 amide bonds. The van der Waals surface area contributed by atoms with E-state index in [4.69, 9.17) is 9.15 Å². The Labute approximate surface area is 76.7 Å². The Morgan fingerprint density at radius 3 is 2.92 bits per heavy atom. The predicted molar refractivity (Wildman–Crippen MR) is 46.4 cm³/mol. The first-order valence-corrected chi connectivity index (χ1v) is 4.47. The van der Waals surface area contributed by atoms with Crippen molar-refractivity contribution in [2.45, 2.75) is 25.7 Å². The van der Waals surface area contributed by atoms with E-state index in [1.54, 1.807) is 0 Å². The summed E-state index contributed by atoms with van der Waals surface area (Å²) in [6.45, 7) is 2.42. The minimum absolute atomic E-state index is 0.120. The summed E-state index contributed by atoms with van der Waals surface area (Å²) in [6.07, 6.45) is 1.33. The average Bonchev–Trinajstić information content (AvgIpc) is 2.52. The van der Waals surface area contributed by atoms with Gasteiger partial charge in [0.05, 0.1) is 13.0 Å². The number of ether oxygens (including phenoxy) is 1. The normalized spacial score (nSPS) is 22.8. The van der Waals surface area contributed by atoms with Crippen molar-refractivity contribution in [2.75, 3.05) is 6.61 Å². The molecule has 70 valence electrons. The summed E-state index contributed by atoms with van der Waals surface area (Å²) < 4.78 is 10.3. The van der Waals surface area contributed by atoms with Crippen molar-refractivity contribution in [3.8, 4) is 0 Å². The van der Waals surface area contributed by atoms with E-state index in [2.05, 4.69) is 0 Å². The zero-order chi connectivity index (χ0) is 9.26. The lowest BCUT2D eigenvalue weighted by atomic mass is 9.97. The maximum atomic E-state index is 11.0. The summed E-state index contributed by atoms with van der Waals surface area (Å²) in [6, 6.07) is 3.87. The standard InChI is InChI=1S/C10H12O3/c1-7-2-3-9(13-7)8-4-5-12-10(11)6-8/h2-3,8H,4-6H2,1H3/t8-/m0/s1. The van der Waals surface area contributed by atoms with Gasteiger partial charge in [0.25, 0.3) is 0 Å². The molecule has 0 spiro atoms.